The maximum Gasteiger partial charge on any atom is 0.433 e. The summed E-state index contributed by atoms with van der Waals surface area (Å²) in [4.78, 5) is 25.0. The highest BCUT2D eigenvalue weighted by Gasteiger charge is 2.37. The number of aldehydes is 1. The molecule has 0 amide bonds. The molecule has 2 heterocycles. The fraction of sp³-hybridized carbons (Fsp3) is 0.353. The Morgan fingerprint density at radius 2 is 2.10 bits per heavy atom. The van der Waals surface area contributed by atoms with Crippen molar-refractivity contribution >= 4 is 39.1 Å². The van der Waals surface area contributed by atoms with E-state index < -0.39 is 22.7 Å². The summed E-state index contributed by atoms with van der Waals surface area (Å²) < 4.78 is 54.5. The number of alkyl halides is 3. The summed E-state index contributed by atoms with van der Waals surface area (Å²) in [5.74, 6) is 0.420. The topological polar surface area (TPSA) is 77.3 Å². The molecule has 12 heteroatoms. The average molecular weight is 495 g/mol. The van der Waals surface area contributed by atoms with Crippen molar-refractivity contribution in [3.8, 4) is 11.5 Å². The van der Waals surface area contributed by atoms with Crippen LogP contribution in [0.5, 0.6) is 0 Å². The summed E-state index contributed by atoms with van der Waals surface area (Å²) in [5, 5.41) is 0.526. The molecule has 0 fully saturated rings. The second kappa shape index (κ2) is 9.18. The van der Waals surface area contributed by atoms with Gasteiger partial charge >= 0.3 is 6.18 Å². The highest BCUT2D eigenvalue weighted by Crippen LogP contribution is 2.32. The third kappa shape index (κ3) is 4.93. The number of aromatic nitrogens is 3. The molecule has 0 spiro atoms. The lowest BCUT2D eigenvalue weighted by Crippen LogP contribution is -2.27. The van der Waals surface area contributed by atoms with Gasteiger partial charge in [0, 0.05) is 30.5 Å². The minimum absolute atomic E-state index is 0.0933. The lowest BCUT2D eigenvalue weighted by atomic mass is 10.2. The van der Waals surface area contributed by atoms with E-state index in [1.54, 1.807) is 13.0 Å². The summed E-state index contributed by atoms with van der Waals surface area (Å²) in [6, 6.07) is 1.60. The molecule has 0 radical (unpaired) electrons. The molecule has 0 aliphatic carbocycles. The van der Waals surface area contributed by atoms with Crippen LogP contribution in [-0.2, 0) is 22.7 Å². The fourth-order valence-corrected chi connectivity index (χ4v) is 3.90. The minimum Gasteiger partial charge on any atom is -0.323 e. The Labute approximate surface area is 176 Å². The summed E-state index contributed by atoms with van der Waals surface area (Å²) in [5.41, 5.74) is -1.24. The molecule has 2 aromatic rings. The van der Waals surface area contributed by atoms with E-state index in [4.69, 9.17) is 0 Å². The van der Waals surface area contributed by atoms with E-state index in [1.165, 1.54) is 17.8 Å². The highest BCUT2D eigenvalue weighted by atomic mass is 79.9. The number of nitrogens with zero attached hydrogens (tertiary/aromatic N) is 4. The van der Waals surface area contributed by atoms with Gasteiger partial charge in [0.05, 0.1) is 28.5 Å². The molecule has 0 saturated carbocycles. The number of hydrogen-bond donors (Lipinski definition) is 0. The Morgan fingerprint density at radius 1 is 1.45 bits per heavy atom. The van der Waals surface area contributed by atoms with Gasteiger partial charge in [0.25, 0.3) is 0 Å². The van der Waals surface area contributed by atoms with E-state index >= 15 is 0 Å². The zero-order valence-corrected chi connectivity index (χ0v) is 18.4. The van der Waals surface area contributed by atoms with Crippen LogP contribution < -0.4 is 0 Å². The first-order valence-electron chi connectivity index (χ1n) is 8.18. The number of halogens is 4. The second-order valence-electron chi connectivity index (χ2n) is 5.72. The number of pyridine rings is 1. The standard InChI is InChI=1S/C17H18BrF3N4O3S/c1-5-29(27)13-6-10(18)8-22-15(13)16-23-11(12(9-26)24(16)2)7-14(17(19,20)21)25(3)28-4/h6-9H,5H2,1-4H3/b14-7-. The van der Waals surface area contributed by atoms with Crippen LogP contribution in [0.15, 0.2) is 27.3 Å². The van der Waals surface area contributed by atoms with Gasteiger partial charge in [-0.15, -0.1) is 0 Å². The van der Waals surface area contributed by atoms with Crippen molar-refractivity contribution in [3.05, 3.63) is 33.8 Å². The van der Waals surface area contributed by atoms with Crippen LogP contribution in [0.2, 0.25) is 0 Å². The van der Waals surface area contributed by atoms with Gasteiger partial charge in [-0.3, -0.25) is 23.9 Å². The number of allylic oxidation sites excluding steroid dienone is 1. The number of hydrogen-bond acceptors (Lipinski definition) is 6. The molecule has 2 rings (SSSR count). The molecule has 0 aliphatic rings. The molecule has 0 saturated heterocycles. The number of carbonyl (C=O) groups excluding carboxylic acids is 1. The van der Waals surface area contributed by atoms with Crippen LogP contribution in [0, 0.1) is 0 Å². The molecule has 7 nitrogen and oxygen atoms in total. The van der Waals surface area contributed by atoms with E-state index in [0.717, 1.165) is 14.2 Å². The Morgan fingerprint density at radius 3 is 2.62 bits per heavy atom. The molecule has 0 N–H and O–H groups in total. The molecule has 158 valence electrons. The fourth-order valence-electron chi connectivity index (χ4n) is 2.49. The van der Waals surface area contributed by atoms with E-state index in [0.29, 0.717) is 32.5 Å². The van der Waals surface area contributed by atoms with Gasteiger partial charge < -0.3 is 4.57 Å². The van der Waals surface area contributed by atoms with Gasteiger partial charge in [0.2, 0.25) is 0 Å². The monoisotopic (exact) mass is 494 g/mol. The van der Waals surface area contributed by atoms with Gasteiger partial charge in [0.15, 0.2) is 12.1 Å². The third-order valence-corrected chi connectivity index (χ3v) is 5.75. The summed E-state index contributed by atoms with van der Waals surface area (Å²) in [6.45, 7) is 1.72. The smallest absolute Gasteiger partial charge is 0.323 e. The van der Waals surface area contributed by atoms with Crippen LogP contribution in [0.1, 0.15) is 23.1 Å². The van der Waals surface area contributed by atoms with Gasteiger partial charge in [0.1, 0.15) is 17.1 Å². The van der Waals surface area contributed by atoms with Crippen molar-refractivity contribution in [3.63, 3.8) is 0 Å². The Bertz CT molecular complexity index is 976. The lowest BCUT2D eigenvalue weighted by Gasteiger charge is -2.21. The largest absolute Gasteiger partial charge is 0.433 e. The third-order valence-electron chi connectivity index (χ3n) is 4.00. The van der Waals surface area contributed by atoms with Crippen molar-refractivity contribution in [1.29, 1.82) is 0 Å². The molecular formula is C17H18BrF3N4O3S. The van der Waals surface area contributed by atoms with Gasteiger partial charge in [-0.25, -0.2) is 4.98 Å². The highest BCUT2D eigenvalue weighted by molar-refractivity contribution is 9.10. The molecular weight excluding hydrogens is 477 g/mol. The zero-order chi connectivity index (χ0) is 21.9. The molecule has 0 aromatic carbocycles. The number of imidazole rings is 1. The molecule has 1 unspecified atom stereocenters. The lowest BCUT2D eigenvalue weighted by molar-refractivity contribution is -0.168. The van der Waals surface area contributed by atoms with E-state index in [2.05, 4.69) is 30.7 Å². The quantitative estimate of drug-likeness (QED) is 0.432. The predicted molar refractivity (Wildman–Crippen MR) is 105 cm³/mol. The summed E-state index contributed by atoms with van der Waals surface area (Å²) in [6.07, 6.45) is -2.17. The maximum atomic E-state index is 13.4. The predicted octanol–water partition coefficient (Wildman–Crippen LogP) is 3.58. The molecule has 2 aromatic heterocycles. The SMILES string of the molecule is CCS(=O)c1cc(Br)cnc1-c1nc(/C=C(\N(C)OC)C(F)(F)F)c(C=O)n1C. The summed E-state index contributed by atoms with van der Waals surface area (Å²) in [7, 11) is 2.23. The van der Waals surface area contributed by atoms with Crippen LogP contribution in [0.4, 0.5) is 13.2 Å². The van der Waals surface area contributed by atoms with Crippen molar-refractivity contribution in [2.24, 2.45) is 7.05 Å². The van der Waals surface area contributed by atoms with Crippen LogP contribution in [0.3, 0.4) is 0 Å². The van der Waals surface area contributed by atoms with Gasteiger partial charge in [-0.1, -0.05) is 6.92 Å². The Kier molecular flexibility index (Phi) is 7.35. The molecule has 29 heavy (non-hydrogen) atoms. The van der Waals surface area contributed by atoms with Crippen LogP contribution in [-0.4, -0.2) is 56.2 Å². The molecule has 1 atom stereocenters. The minimum atomic E-state index is -4.74. The first-order valence-corrected chi connectivity index (χ1v) is 10.3. The Balaban J connectivity index is 2.75. The summed E-state index contributed by atoms with van der Waals surface area (Å²) >= 11 is 3.26. The van der Waals surface area contributed by atoms with Crippen molar-refractivity contribution in [2.75, 3.05) is 19.9 Å². The van der Waals surface area contributed by atoms with Crippen LogP contribution >= 0.6 is 15.9 Å². The number of rotatable bonds is 7. The van der Waals surface area contributed by atoms with E-state index in [-0.39, 0.29) is 22.9 Å². The van der Waals surface area contributed by atoms with E-state index in [9.17, 15) is 22.2 Å². The number of carbonyl (C=O) groups is 1. The second-order valence-corrected chi connectivity index (χ2v) is 8.35. The van der Waals surface area contributed by atoms with Crippen molar-refractivity contribution in [1.82, 2.24) is 19.6 Å². The van der Waals surface area contributed by atoms with Crippen LogP contribution in [0.25, 0.3) is 17.6 Å². The first kappa shape index (κ1) is 23.2. The Hall–Kier alpha value is -2.05. The maximum absolute atomic E-state index is 13.4. The average Bonchev–Trinajstić information content (AvgIpc) is 2.98. The van der Waals surface area contributed by atoms with E-state index in [1.807, 2.05) is 0 Å². The zero-order valence-electron chi connectivity index (χ0n) is 16.0. The van der Waals surface area contributed by atoms with Gasteiger partial charge in [-0.05, 0) is 28.1 Å². The molecule has 0 aliphatic heterocycles. The molecule has 0 bridgehead atoms. The van der Waals surface area contributed by atoms with Crippen molar-refractivity contribution < 1.29 is 27.0 Å². The first-order chi connectivity index (χ1) is 13.5. The van der Waals surface area contributed by atoms with Crippen molar-refractivity contribution in [2.45, 2.75) is 18.0 Å². The normalized spacial score (nSPS) is 13.4. The number of hydroxylamine groups is 2. The van der Waals surface area contributed by atoms with Gasteiger partial charge in [-0.2, -0.15) is 13.2 Å².